The van der Waals surface area contributed by atoms with Gasteiger partial charge in [-0.3, -0.25) is 4.79 Å². The van der Waals surface area contributed by atoms with Gasteiger partial charge in [0, 0.05) is 17.1 Å². The molecule has 1 amide bonds. The number of carbonyl (C=O) groups is 1. The van der Waals surface area contributed by atoms with Crippen LogP contribution in [0.4, 0.5) is 0 Å². The topological polar surface area (TPSA) is 46.3 Å². The first-order valence-corrected chi connectivity index (χ1v) is 8.13. The molecule has 0 radical (unpaired) electrons. The molecule has 0 bridgehead atoms. The van der Waals surface area contributed by atoms with Crippen LogP contribution in [0.1, 0.15) is 31.7 Å². The minimum Gasteiger partial charge on any atom is -0.339 e. The Morgan fingerprint density at radius 3 is 2.55 bits per heavy atom. The molecule has 1 aromatic rings. The van der Waals surface area contributed by atoms with Gasteiger partial charge in [0.1, 0.15) is 0 Å². The monoisotopic (exact) mass is 336 g/mol. The molecule has 20 heavy (non-hydrogen) atoms. The molecule has 2 unspecified atom stereocenters. The zero-order valence-electron chi connectivity index (χ0n) is 11.8. The summed E-state index contributed by atoms with van der Waals surface area (Å²) >= 11 is 3.45. The van der Waals surface area contributed by atoms with Gasteiger partial charge >= 0.3 is 0 Å². The fourth-order valence-electron chi connectivity index (χ4n) is 3.39. The number of amides is 1. The van der Waals surface area contributed by atoms with Crippen molar-refractivity contribution in [2.24, 2.45) is 11.7 Å². The van der Waals surface area contributed by atoms with E-state index >= 15 is 0 Å². The standard InChI is InChI=1S/C16H21BrN2O/c1-11-8-12(9-18)10-19(11)15(20)16(6-7-16)13-2-4-14(17)5-3-13/h2-5,11-12H,6-10,18H2,1H3. The Kier molecular flexibility index (Phi) is 3.63. The highest BCUT2D eigenvalue weighted by molar-refractivity contribution is 9.10. The molecule has 1 aliphatic heterocycles. The van der Waals surface area contributed by atoms with E-state index < -0.39 is 0 Å². The Bertz CT molecular complexity index is 510. The van der Waals surface area contributed by atoms with Crippen LogP contribution >= 0.6 is 15.9 Å². The zero-order chi connectivity index (χ0) is 14.3. The fraction of sp³-hybridized carbons (Fsp3) is 0.562. The molecule has 1 aromatic carbocycles. The smallest absolute Gasteiger partial charge is 0.233 e. The van der Waals surface area contributed by atoms with Gasteiger partial charge in [0.25, 0.3) is 0 Å². The molecular weight excluding hydrogens is 316 g/mol. The summed E-state index contributed by atoms with van der Waals surface area (Å²) in [7, 11) is 0. The zero-order valence-corrected chi connectivity index (χ0v) is 13.4. The number of rotatable bonds is 3. The first kappa shape index (κ1) is 14.1. The van der Waals surface area contributed by atoms with Crippen LogP contribution in [-0.2, 0) is 10.2 Å². The second kappa shape index (κ2) is 5.15. The SMILES string of the molecule is CC1CC(CN)CN1C(=O)C1(c2ccc(Br)cc2)CC1. The van der Waals surface area contributed by atoms with Crippen molar-refractivity contribution in [1.29, 1.82) is 0 Å². The number of likely N-dealkylation sites (tertiary alicyclic amines) is 1. The predicted molar refractivity (Wildman–Crippen MR) is 83.4 cm³/mol. The highest BCUT2D eigenvalue weighted by Gasteiger charge is 2.54. The van der Waals surface area contributed by atoms with Crippen LogP contribution < -0.4 is 5.73 Å². The summed E-state index contributed by atoms with van der Waals surface area (Å²) in [6.07, 6.45) is 2.99. The Hall–Kier alpha value is -0.870. The molecule has 2 atom stereocenters. The van der Waals surface area contributed by atoms with Crippen LogP contribution in [0.5, 0.6) is 0 Å². The van der Waals surface area contributed by atoms with Gasteiger partial charge < -0.3 is 10.6 Å². The Balaban J connectivity index is 1.82. The molecule has 3 nitrogen and oxygen atoms in total. The van der Waals surface area contributed by atoms with Gasteiger partial charge in [-0.05, 0) is 56.3 Å². The summed E-state index contributed by atoms with van der Waals surface area (Å²) in [6, 6.07) is 8.54. The van der Waals surface area contributed by atoms with Crippen molar-refractivity contribution in [3.05, 3.63) is 34.3 Å². The number of nitrogens with zero attached hydrogens (tertiary/aromatic N) is 1. The van der Waals surface area contributed by atoms with Gasteiger partial charge in [-0.25, -0.2) is 0 Å². The number of hydrogen-bond donors (Lipinski definition) is 1. The fourth-order valence-corrected chi connectivity index (χ4v) is 3.66. The van der Waals surface area contributed by atoms with Gasteiger partial charge in [-0.2, -0.15) is 0 Å². The molecule has 1 heterocycles. The van der Waals surface area contributed by atoms with Crippen LogP contribution in [0.15, 0.2) is 28.7 Å². The van der Waals surface area contributed by atoms with Gasteiger partial charge in [0.15, 0.2) is 0 Å². The summed E-state index contributed by atoms with van der Waals surface area (Å²) in [5, 5.41) is 0. The molecule has 1 aliphatic carbocycles. The van der Waals surface area contributed by atoms with Gasteiger partial charge in [-0.1, -0.05) is 28.1 Å². The van der Waals surface area contributed by atoms with Crippen molar-refractivity contribution >= 4 is 21.8 Å². The van der Waals surface area contributed by atoms with E-state index in [0.717, 1.165) is 35.8 Å². The molecule has 0 spiro atoms. The van der Waals surface area contributed by atoms with Crippen molar-refractivity contribution in [2.75, 3.05) is 13.1 Å². The highest BCUT2D eigenvalue weighted by atomic mass is 79.9. The summed E-state index contributed by atoms with van der Waals surface area (Å²) in [5.41, 5.74) is 6.68. The van der Waals surface area contributed by atoms with Crippen LogP contribution in [0.3, 0.4) is 0 Å². The third kappa shape index (κ3) is 2.29. The third-order valence-electron chi connectivity index (χ3n) is 4.81. The van der Waals surface area contributed by atoms with Crippen LogP contribution in [-0.4, -0.2) is 29.9 Å². The van der Waals surface area contributed by atoms with Crippen molar-refractivity contribution in [3.8, 4) is 0 Å². The first-order chi connectivity index (χ1) is 9.56. The van der Waals surface area contributed by atoms with E-state index in [0.29, 0.717) is 24.4 Å². The third-order valence-corrected chi connectivity index (χ3v) is 5.34. The van der Waals surface area contributed by atoms with E-state index in [9.17, 15) is 4.79 Å². The average molecular weight is 337 g/mol. The lowest BCUT2D eigenvalue weighted by Gasteiger charge is -2.27. The largest absolute Gasteiger partial charge is 0.339 e. The number of halogens is 1. The molecule has 2 N–H and O–H groups in total. The number of nitrogens with two attached hydrogens (primary N) is 1. The van der Waals surface area contributed by atoms with Crippen LogP contribution in [0, 0.1) is 5.92 Å². The first-order valence-electron chi connectivity index (χ1n) is 7.34. The lowest BCUT2D eigenvalue weighted by Crippen LogP contribution is -2.41. The molecule has 2 fully saturated rings. The Labute approximate surface area is 128 Å². The van der Waals surface area contributed by atoms with E-state index in [1.54, 1.807) is 0 Å². The second-order valence-corrected chi connectivity index (χ2v) is 7.15. The number of hydrogen-bond acceptors (Lipinski definition) is 2. The minimum atomic E-state index is -0.252. The van der Waals surface area contributed by atoms with Crippen molar-refractivity contribution in [3.63, 3.8) is 0 Å². The quantitative estimate of drug-likeness (QED) is 0.922. The van der Waals surface area contributed by atoms with E-state index in [1.807, 2.05) is 12.1 Å². The minimum absolute atomic E-state index is 0.252. The number of carbonyl (C=O) groups excluding carboxylic acids is 1. The normalized spacial score (nSPS) is 27.6. The Morgan fingerprint density at radius 2 is 2.05 bits per heavy atom. The molecule has 4 heteroatoms. The second-order valence-electron chi connectivity index (χ2n) is 6.23. The lowest BCUT2D eigenvalue weighted by atomic mass is 9.94. The molecule has 1 saturated heterocycles. The maximum absolute atomic E-state index is 13.0. The summed E-state index contributed by atoms with van der Waals surface area (Å²) in [5.74, 6) is 0.776. The summed E-state index contributed by atoms with van der Waals surface area (Å²) < 4.78 is 1.06. The van der Waals surface area contributed by atoms with Gasteiger partial charge in [-0.15, -0.1) is 0 Å². The molecule has 108 valence electrons. The van der Waals surface area contributed by atoms with E-state index in [-0.39, 0.29) is 5.41 Å². The predicted octanol–water partition coefficient (Wildman–Crippen LogP) is 2.68. The molecule has 3 rings (SSSR count). The highest BCUT2D eigenvalue weighted by Crippen LogP contribution is 2.50. The van der Waals surface area contributed by atoms with Crippen molar-refractivity contribution in [1.82, 2.24) is 4.90 Å². The van der Waals surface area contributed by atoms with E-state index in [4.69, 9.17) is 5.73 Å². The van der Waals surface area contributed by atoms with Crippen molar-refractivity contribution < 1.29 is 4.79 Å². The van der Waals surface area contributed by atoms with E-state index in [1.165, 1.54) is 0 Å². The maximum atomic E-state index is 13.0. The molecule has 2 aliphatic rings. The molecular formula is C16H21BrN2O. The maximum Gasteiger partial charge on any atom is 0.233 e. The van der Waals surface area contributed by atoms with Gasteiger partial charge in [0.05, 0.1) is 5.41 Å². The lowest BCUT2D eigenvalue weighted by molar-refractivity contribution is -0.134. The average Bonchev–Trinajstić information content (AvgIpc) is 3.17. The summed E-state index contributed by atoms with van der Waals surface area (Å²) in [6.45, 7) is 3.65. The Morgan fingerprint density at radius 1 is 1.40 bits per heavy atom. The molecule has 1 saturated carbocycles. The van der Waals surface area contributed by atoms with Crippen LogP contribution in [0.25, 0.3) is 0 Å². The van der Waals surface area contributed by atoms with Crippen molar-refractivity contribution in [2.45, 2.75) is 37.6 Å². The number of benzene rings is 1. The van der Waals surface area contributed by atoms with Crippen LogP contribution in [0.2, 0.25) is 0 Å². The summed E-state index contributed by atoms with van der Waals surface area (Å²) in [4.78, 5) is 15.0. The van der Waals surface area contributed by atoms with E-state index in [2.05, 4.69) is 39.9 Å². The van der Waals surface area contributed by atoms with Gasteiger partial charge in [0.2, 0.25) is 5.91 Å². The molecule has 0 aromatic heterocycles.